The predicted molar refractivity (Wildman–Crippen MR) is 443 cm³/mol. The van der Waals surface area contributed by atoms with Gasteiger partial charge in [0.1, 0.15) is 6.61 Å². The summed E-state index contributed by atoms with van der Waals surface area (Å²) in [6, 6.07) is 82.6. The molecule has 24 nitrogen and oxygen atoms in total. The van der Waals surface area contributed by atoms with Gasteiger partial charge in [0, 0.05) is 68.4 Å². The number of pyridine rings is 6. The van der Waals surface area contributed by atoms with Gasteiger partial charge in [0.2, 0.25) is 0 Å². The number of nitrogens with zero attached hydrogens (tertiary/aromatic N) is 6. The van der Waals surface area contributed by atoms with Crippen LogP contribution >= 0.6 is 0 Å². The number of hydrogen-bond donors (Lipinski definition) is 2. The van der Waals surface area contributed by atoms with Crippen molar-refractivity contribution in [3.05, 3.63) is 304 Å². The number of benzene rings is 6. The minimum Gasteiger partial charge on any atom is -0.463 e. The Morgan fingerprint density at radius 3 is 0.858 bits per heavy atom. The van der Waals surface area contributed by atoms with Crippen LogP contribution in [0.1, 0.15) is 94.4 Å². The summed E-state index contributed by atoms with van der Waals surface area (Å²) in [5.74, 6) is 0.942. The average molecular weight is 1970 g/mol. The zero-order chi connectivity index (χ0) is 84.9. The van der Waals surface area contributed by atoms with Crippen molar-refractivity contribution in [2.75, 3.05) is 13.2 Å². The molecule has 0 spiro atoms. The van der Waals surface area contributed by atoms with E-state index in [1.165, 1.54) is 13.8 Å². The third-order valence-electron chi connectivity index (χ3n) is 15.8. The molecule has 6 aromatic carbocycles. The molecule has 120 heavy (non-hydrogen) atoms. The zero-order valence-electron chi connectivity index (χ0n) is 67.4. The molecule has 2 N–H and O–H groups in total. The van der Waals surface area contributed by atoms with Crippen molar-refractivity contribution in [1.29, 1.82) is 0 Å². The molecular weight excluding hydrogens is 1880 g/mol. The SMILES string of the molecule is C=C(C)C(=O)OC(C)NC(=O)Oc1cc[c-]c(-c2ccccn2)c1.CCC(=O)Oc1cc[c-]c(-c2ccccn2)c1.CCC(=O)Oc1cc[c-]c(-c2ccccn2)c1.CCC(=O)Oc1cc[c-]c(-c2ccccn2)c1.CCC(=O)Oc1cc[c-]c(-c2ccccn2)c1.CCC(C)(C)C(=O)OCCNC(=O)Oc1cc[c-]c(-c2ccccn2)c1.[Ir+3].[Ir+3]. The van der Waals surface area contributed by atoms with Crippen LogP contribution in [0.5, 0.6) is 34.5 Å². The third-order valence-corrected chi connectivity index (χ3v) is 15.8. The van der Waals surface area contributed by atoms with Crippen molar-refractivity contribution in [2.45, 2.75) is 101 Å². The van der Waals surface area contributed by atoms with E-state index >= 15 is 0 Å². The van der Waals surface area contributed by atoms with Gasteiger partial charge in [-0.3, -0.25) is 29.3 Å². The Labute approximate surface area is 725 Å². The molecule has 0 saturated carbocycles. The molecular formula is C94H88Ir2N8O16. The topological polar surface area (TPSA) is 312 Å². The fourth-order valence-corrected chi connectivity index (χ4v) is 9.26. The van der Waals surface area contributed by atoms with Gasteiger partial charge in [-0.2, -0.15) is 0 Å². The fourth-order valence-electron chi connectivity index (χ4n) is 9.26. The minimum atomic E-state index is -0.841. The van der Waals surface area contributed by atoms with Crippen LogP contribution in [-0.2, 0) is 78.5 Å². The normalized spacial score (nSPS) is 10.2. The number of hydrogen-bond acceptors (Lipinski definition) is 22. The van der Waals surface area contributed by atoms with Gasteiger partial charge in [0.05, 0.1) is 46.5 Å². The minimum absolute atomic E-state index is 0. The van der Waals surface area contributed by atoms with Crippen molar-refractivity contribution < 1.29 is 116 Å². The molecule has 0 saturated heterocycles. The molecule has 12 aromatic rings. The number of rotatable bonds is 24. The Bertz CT molecular complexity index is 4810. The Kier molecular flexibility index (Phi) is 43.0. The summed E-state index contributed by atoms with van der Waals surface area (Å²) in [7, 11) is 0. The van der Waals surface area contributed by atoms with E-state index in [2.05, 4.69) is 83.5 Å². The van der Waals surface area contributed by atoms with Crippen molar-refractivity contribution >= 4 is 48.0 Å². The van der Waals surface area contributed by atoms with Crippen molar-refractivity contribution in [3.8, 4) is 102 Å². The molecule has 0 radical (unpaired) electrons. The van der Waals surface area contributed by atoms with Crippen LogP contribution in [-0.4, -0.2) is 97.3 Å². The number of ether oxygens (including phenoxy) is 8. The van der Waals surface area contributed by atoms with Crippen LogP contribution in [0.25, 0.3) is 67.5 Å². The van der Waals surface area contributed by atoms with E-state index in [0.717, 1.165) is 56.3 Å². The molecule has 0 bridgehead atoms. The molecule has 0 aliphatic carbocycles. The van der Waals surface area contributed by atoms with E-state index in [1.807, 2.05) is 130 Å². The second kappa shape index (κ2) is 53.0. The summed E-state index contributed by atoms with van der Waals surface area (Å²) in [5, 5.41) is 4.95. The number of carbonyl (C=O) groups excluding carboxylic acids is 8. The van der Waals surface area contributed by atoms with Gasteiger partial charge >= 0.3 is 88.2 Å². The average Bonchev–Trinajstić information content (AvgIpc) is 0.884. The Morgan fingerprint density at radius 1 is 0.383 bits per heavy atom. The van der Waals surface area contributed by atoms with Crippen LogP contribution in [0.15, 0.2) is 268 Å². The summed E-state index contributed by atoms with van der Waals surface area (Å²) < 4.78 is 41.1. The quantitative estimate of drug-likeness (QED) is 0.0142. The summed E-state index contributed by atoms with van der Waals surface area (Å²) in [4.78, 5) is 117. The van der Waals surface area contributed by atoms with Gasteiger partial charge in [-0.25, -0.2) is 14.4 Å². The standard InChI is InChI=1S/C20H23N2O4.C18H17N2O4.4C14H12NO2.2Ir/c1-4-20(2,3)18(23)25-13-12-22-19(24)26-16-9-7-8-15(14-16)17-10-5-6-11-21-17;1-12(2)17(21)23-13(3)20-18(22)24-15-8-6-7-14(11-15)16-9-4-5-10-19-16;4*1-2-14(16)17-12-7-5-6-11(10-12)13-8-3-4-9-15-13;;/h5-7,9-11,14H,4,12-13H2,1-3H3,(H,22,24);4-6,8-11,13H,1H2,2-3H3,(H,20,22);4*3-5,7-10H,2H2,1H3;;/q6*-1;2*+3. The number of esters is 6. The largest absolute Gasteiger partial charge is 3.00 e. The van der Waals surface area contributed by atoms with Gasteiger partial charge in [-0.05, 0) is 105 Å². The number of aromatic nitrogens is 6. The van der Waals surface area contributed by atoms with Crippen molar-refractivity contribution in [1.82, 2.24) is 40.5 Å². The Morgan fingerprint density at radius 2 is 0.633 bits per heavy atom. The maximum absolute atomic E-state index is 11.9. The van der Waals surface area contributed by atoms with Crippen LogP contribution in [0.3, 0.4) is 0 Å². The monoisotopic (exact) mass is 1970 g/mol. The first-order valence-corrected chi connectivity index (χ1v) is 37.4. The molecule has 1 atom stereocenters. The number of nitrogens with one attached hydrogen (secondary N) is 2. The maximum Gasteiger partial charge on any atom is 3.00 e. The van der Waals surface area contributed by atoms with E-state index in [1.54, 1.807) is 174 Å². The van der Waals surface area contributed by atoms with Gasteiger partial charge in [-0.1, -0.05) is 114 Å². The van der Waals surface area contributed by atoms with E-state index in [9.17, 15) is 38.4 Å². The van der Waals surface area contributed by atoms with Crippen molar-refractivity contribution in [2.24, 2.45) is 5.41 Å². The van der Waals surface area contributed by atoms with E-state index in [-0.39, 0.29) is 88.8 Å². The molecule has 618 valence electrons. The van der Waals surface area contributed by atoms with E-state index < -0.39 is 29.8 Å². The summed E-state index contributed by atoms with van der Waals surface area (Å²) in [6.07, 6.45) is 10.1. The van der Waals surface area contributed by atoms with Gasteiger partial charge in [0.25, 0.3) is 0 Å². The summed E-state index contributed by atoms with van der Waals surface area (Å²) in [5.41, 5.74) is 9.08. The molecule has 2 amide bonds. The van der Waals surface area contributed by atoms with Gasteiger partial charge in [-0.15, -0.1) is 179 Å². The van der Waals surface area contributed by atoms with Crippen LogP contribution in [0.4, 0.5) is 9.59 Å². The van der Waals surface area contributed by atoms with Crippen LogP contribution < -0.4 is 39.1 Å². The Hall–Kier alpha value is -13.4. The third kappa shape index (κ3) is 35.2. The molecule has 26 heteroatoms. The first kappa shape index (κ1) is 97.2. The zero-order valence-corrected chi connectivity index (χ0v) is 72.2. The predicted octanol–water partition coefficient (Wildman–Crippen LogP) is 18.2. The number of carbonyl (C=O) groups is 8. The molecule has 12 rings (SSSR count). The summed E-state index contributed by atoms with van der Waals surface area (Å²) >= 11 is 0. The van der Waals surface area contributed by atoms with E-state index in [0.29, 0.717) is 77.9 Å². The van der Waals surface area contributed by atoms with Crippen molar-refractivity contribution in [3.63, 3.8) is 0 Å². The first-order valence-electron chi connectivity index (χ1n) is 37.4. The van der Waals surface area contributed by atoms with E-state index in [4.69, 9.17) is 37.9 Å². The fraction of sp³-hybridized carbons (Fsp3) is 0.191. The summed E-state index contributed by atoms with van der Waals surface area (Å²) in [6.45, 7) is 19.4. The first-order chi connectivity index (χ1) is 57.0. The molecule has 1 unspecified atom stereocenters. The van der Waals surface area contributed by atoms with Gasteiger partial charge < -0.3 is 73.1 Å². The molecule has 6 aromatic heterocycles. The molecule has 0 aliphatic heterocycles. The second-order valence-electron chi connectivity index (χ2n) is 25.3. The maximum atomic E-state index is 11.9. The second-order valence-corrected chi connectivity index (χ2v) is 25.3. The van der Waals surface area contributed by atoms with Crippen LogP contribution in [0.2, 0.25) is 0 Å². The Balaban J connectivity index is 0.000000258. The molecule has 0 aliphatic rings. The number of amides is 2. The van der Waals surface area contributed by atoms with Crippen LogP contribution in [0, 0.1) is 41.8 Å². The van der Waals surface area contributed by atoms with Gasteiger partial charge in [0.15, 0.2) is 6.23 Å². The molecule has 6 heterocycles. The molecule has 0 fully saturated rings. The smallest absolute Gasteiger partial charge is 0.463 e.